The van der Waals surface area contributed by atoms with Crippen LogP contribution in [0.2, 0.25) is 0 Å². The lowest BCUT2D eigenvalue weighted by Crippen LogP contribution is -2.18. The molecule has 0 spiro atoms. The number of rotatable bonds is 21. The van der Waals surface area contributed by atoms with Crippen LogP contribution in [0, 0.1) is 195 Å². The van der Waals surface area contributed by atoms with E-state index in [-0.39, 0.29) is 0 Å². The van der Waals surface area contributed by atoms with Gasteiger partial charge in [0.1, 0.15) is 11.5 Å². The summed E-state index contributed by atoms with van der Waals surface area (Å²) >= 11 is 0. The molecule has 0 radical (unpaired) electrons. The Morgan fingerprint density at radius 2 is 0.459 bits per heavy atom. The van der Waals surface area contributed by atoms with Gasteiger partial charge in [-0.3, -0.25) is 0 Å². The van der Waals surface area contributed by atoms with Crippen LogP contribution in [0.3, 0.4) is 0 Å². The van der Waals surface area contributed by atoms with Crippen LogP contribution in [0.4, 0.5) is 13.2 Å². The van der Waals surface area contributed by atoms with E-state index in [9.17, 15) is 13.2 Å². The highest BCUT2D eigenvalue weighted by Gasteiger charge is 2.31. The predicted octanol–water partition coefficient (Wildman–Crippen LogP) is 29.0. The number of halogens is 3. The van der Waals surface area contributed by atoms with E-state index in [0.717, 1.165) is 67.1 Å². The molecule has 0 unspecified atom stereocenters. The van der Waals surface area contributed by atoms with Crippen LogP contribution < -0.4 is 4.74 Å². The maximum atomic E-state index is 12.4. The van der Waals surface area contributed by atoms with Crippen molar-refractivity contribution in [1.82, 2.24) is 0 Å². The molecule has 0 aromatic heterocycles. The molecule has 4 heteroatoms. The molecular weight excluding hydrogens is 1200 g/mol. The Morgan fingerprint density at radius 1 is 0.245 bits per heavy atom. The van der Waals surface area contributed by atoms with Gasteiger partial charge in [0.25, 0.3) is 0 Å². The molecule has 98 heavy (non-hydrogen) atoms. The Morgan fingerprint density at radius 3 is 0.755 bits per heavy atom. The lowest BCUT2D eigenvalue weighted by atomic mass is 9.73. The second kappa shape index (κ2) is 37.2. The molecule has 0 heterocycles. The Balaban J connectivity index is 0.000000207. The first-order chi connectivity index (χ1) is 46.6. The quantitative estimate of drug-likeness (QED) is 0.0666. The molecule has 0 bridgehead atoms. The smallest absolute Gasteiger partial charge is 0.133 e. The van der Waals surface area contributed by atoms with E-state index in [0.29, 0.717) is 30.0 Å². The molecule has 1 nitrogen and oxygen atoms in total. The predicted molar refractivity (Wildman–Crippen MR) is 420 cm³/mol. The Bertz CT molecular complexity index is 3440. The minimum Gasteiger partial charge on any atom is -0.456 e. The number of benzene rings is 5. The van der Waals surface area contributed by atoms with Crippen LogP contribution in [-0.2, 0) is 19.3 Å². The van der Waals surface area contributed by atoms with Crippen LogP contribution in [-0.4, -0.2) is 0 Å². The molecule has 4 saturated carbocycles. The van der Waals surface area contributed by atoms with E-state index in [4.69, 9.17) is 4.74 Å². The normalized spacial score (nSPS) is 21.4. The molecule has 4 aliphatic rings. The van der Waals surface area contributed by atoms with Crippen molar-refractivity contribution in [3.05, 3.63) is 193 Å². The number of unbranched alkanes of at least 4 members (excludes halogenated alkanes) is 1. The second-order valence-electron chi connectivity index (χ2n) is 32.7. The average molecular weight is 1340 g/mol. The van der Waals surface area contributed by atoms with Gasteiger partial charge in [-0.15, -0.1) is 0 Å². The first kappa shape index (κ1) is 80.2. The minimum absolute atomic E-state index is 0.597. The summed E-state index contributed by atoms with van der Waals surface area (Å²) in [6.07, 6.45) is 41.4. The lowest BCUT2D eigenvalue weighted by molar-refractivity contribution is 0.213. The van der Waals surface area contributed by atoms with Gasteiger partial charge in [0.2, 0.25) is 0 Å². The molecule has 0 amide bonds. The zero-order valence-corrected chi connectivity index (χ0v) is 66.7. The number of hydrogen-bond acceptors (Lipinski definition) is 1. The molecule has 5 aromatic rings. The molecule has 0 aliphatic heterocycles. The molecule has 4 aliphatic carbocycles. The van der Waals surface area contributed by atoms with Crippen molar-refractivity contribution in [1.29, 1.82) is 0 Å². The lowest BCUT2D eigenvalue weighted by Gasteiger charge is -2.32. The zero-order valence-electron chi connectivity index (χ0n) is 66.7. The largest absolute Gasteiger partial charge is 0.456 e. The molecule has 0 saturated heterocycles. The molecule has 5 aromatic carbocycles. The van der Waals surface area contributed by atoms with E-state index >= 15 is 0 Å². The van der Waals surface area contributed by atoms with Crippen LogP contribution in [0.5, 0.6) is 11.5 Å². The van der Waals surface area contributed by atoms with Gasteiger partial charge in [-0.2, -0.15) is 0 Å². The first-order valence-corrected chi connectivity index (χ1v) is 39.4. The second-order valence-corrected chi connectivity index (χ2v) is 32.7. The highest BCUT2D eigenvalue weighted by molar-refractivity contribution is 5.60. The van der Waals surface area contributed by atoms with Crippen molar-refractivity contribution < 1.29 is 17.9 Å². The van der Waals surface area contributed by atoms with Crippen LogP contribution in [0.25, 0.3) is 0 Å². The fourth-order valence-electron chi connectivity index (χ4n) is 19.2. The molecule has 4 fully saturated rings. The van der Waals surface area contributed by atoms with Gasteiger partial charge in [-0.05, 0) is 484 Å². The summed E-state index contributed by atoms with van der Waals surface area (Å²) in [5.74, 6) is 8.21. The summed E-state index contributed by atoms with van der Waals surface area (Å²) in [6, 6.07) is 0. The van der Waals surface area contributed by atoms with Gasteiger partial charge in [-0.25, -0.2) is 13.2 Å². The average Bonchev–Trinajstić information content (AvgIpc) is 0.770. The minimum atomic E-state index is 0.597. The van der Waals surface area contributed by atoms with Crippen LogP contribution >= 0.6 is 0 Å². The highest BCUT2D eigenvalue weighted by Crippen LogP contribution is 2.48. The van der Waals surface area contributed by atoms with Crippen LogP contribution in [0.15, 0.2) is 37.2 Å². The maximum absolute atomic E-state index is 12.4. The van der Waals surface area contributed by atoms with Crippen LogP contribution in [0.1, 0.15) is 322 Å². The third-order valence-electron chi connectivity index (χ3n) is 27.9. The summed E-state index contributed by atoms with van der Waals surface area (Å²) in [7, 11) is 0. The number of ether oxygens (including phenoxy) is 1. The molecule has 9 rings (SSSR count). The van der Waals surface area contributed by atoms with Crippen molar-refractivity contribution in [2.45, 2.75) is 344 Å². The number of allylic oxidation sites excluding steroid dienone is 3. The van der Waals surface area contributed by atoms with Gasteiger partial charge in [0, 0.05) is 0 Å². The molecular formula is C94H137F3O. The Kier molecular flexibility index (Phi) is 30.4. The van der Waals surface area contributed by atoms with E-state index in [1.165, 1.54) is 276 Å². The van der Waals surface area contributed by atoms with E-state index in [1.54, 1.807) is 51.6 Å². The van der Waals surface area contributed by atoms with Crippen molar-refractivity contribution in [2.24, 2.45) is 35.5 Å². The summed E-state index contributed by atoms with van der Waals surface area (Å²) in [6.45, 7) is 52.4. The van der Waals surface area contributed by atoms with Crippen molar-refractivity contribution in [2.75, 3.05) is 0 Å². The van der Waals surface area contributed by atoms with E-state index in [2.05, 4.69) is 159 Å². The van der Waals surface area contributed by atoms with Gasteiger partial charge in [-0.1, -0.05) is 69.6 Å². The SMILES string of the molecule is Cc1c(C)c(C)c(CCC2CCC(CCC3CCC(C/C=C/F)CC3)CC2)c(C)c1C.Cc1c(C)c(C)c(CCCCc2c(C)c(C)c(C3CCC(C/C=C/F)CC3)c(C)c2C)c(C)c1C.Cc1c(C)c(C)c(Oc2c(C)c(C)c(C3CCC(C/C=C/F)CC3)c(C)c2C)c(C)c1C. The van der Waals surface area contributed by atoms with Gasteiger partial charge in [0.15, 0.2) is 0 Å². The summed E-state index contributed by atoms with van der Waals surface area (Å²) in [5.41, 5.74) is 40.9. The Hall–Kier alpha value is -5.09. The van der Waals surface area contributed by atoms with Crippen molar-refractivity contribution in [3.63, 3.8) is 0 Å². The summed E-state index contributed by atoms with van der Waals surface area (Å²) < 4.78 is 43.8. The first-order valence-electron chi connectivity index (χ1n) is 39.4. The third-order valence-corrected chi connectivity index (χ3v) is 27.9. The van der Waals surface area contributed by atoms with E-state index in [1.807, 2.05) is 0 Å². The summed E-state index contributed by atoms with van der Waals surface area (Å²) in [4.78, 5) is 0. The third kappa shape index (κ3) is 19.1. The topological polar surface area (TPSA) is 9.23 Å². The van der Waals surface area contributed by atoms with E-state index < -0.39 is 0 Å². The fraction of sp³-hybridized carbons (Fsp3) is 0.617. The Labute approximate surface area is 599 Å². The standard InChI is InChI=1S/C34H49F.C30H41FO.C30H47F/c1-21-22(2)24(4)32(25(5)23(21)3)14-10-11-15-33-26(6)28(8)34(29(9)27(33)7)31-18-16-30(17-19-31)13-12-20-35;1-17-18(2)22(6)29(23(7)19(17)3)32-30-24(8)20(4)28(21(5)25(30)9)27-14-12-26(13-15-27)11-10-16-31;1-21-22(2)24(4)30(25(5)23(21)3)19-18-29-16-14-28(15-17-29)13-12-27-10-8-26(9-11-27)7-6-20-31/h12,20,30-31H,10-11,13-19H2,1-9H3;10,16,26-27H,11-15H2,1-9H3;6,20,26-29H,7-19H2,1-5H3/b20-12+;16-10+;20-6+. The highest BCUT2D eigenvalue weighted by atomic mass is 19.1. The fourth-order valence-corrected chi connectivity index (χ4v) is 19.2. The van der Waals surface area contributed by atoms with Crippen molar-refractivity contribution >= 4 is 0 Å². The molecule has 0 atom stereocenters. The van der Waals surface area contributed by atoms with Gasteiger partial charge < -0.3 is 4.74 Å². The van der Waals surface area contributed by atoms with Gasteiger partial charge in [0.05, 0.1) is 19.0 Å². The zero-order chi connectivity index (χ0) is 72.0. The van der Waals surface area contributed by atoms with Crippen molar-refractivity contribution in [3.8, 4) is 11.5 Å². The molecule has 540 valence electrons. The molecule has 0 N–H and O–H groups in total. The maximum Gasteiger partial charge on any atom is 0.133 e. The monoisotopic (exact) mass is 1340 g/mol. The summed E-state index contributed by atoms with van der Waals surface area (Å²) in [5, 5.41) is 0. The van der Waals surface area contributed by atoms with Gasteiger partial charge >= 0.3 is 0 Å². The number of hydrogen-bond donors (Lipinski definition) is 0.